The maximum atomic E-state index is 12.6. The van der Waals surface area contributed by atoms with Gasteiger partial charge in [-0.1, -0.05) is 25.4 Å². The van der Waals surface area contributed by atoms with E-state index in [9.17, 15) is 23.1 Å². The SMILES string of the molecule is CCc1cc(OCC(C)C(F)(F)F)ncc1-c1c(Cl)c(C(=O)O)nn1CC. The first-order valence-electron chi connectivity index (χ1n) is 8.28. The van der Waals surface area contributed by atoms with E-state index in [1.165, 1.54) is 16.9 Å². The fourth-order valence-corrected chi connectivity index (χ4v) is 2.75. The first kappa shape index (κ1) is 21.0. The first-order chi connectivity index (χ1) is 12.6. The number of halogens is 4. The van der Waals surface area contributed by atoms with Crippen molar-refractivity contribution in [3.8, 4) is 17.1 Å². The summed E-state index contributed by atoms with van der Waals surface area (Å²) in [6.07, 6.45) is -2.42. The van der Waals surface area contributed by atoms with E-state index in [0.29, 0.717) is 29.8 Å². The predicted molar refractivity (Wildman–Crippen MR) is 93.2 cm³/mol. The van der Waals surface area contributed by atoms with E-state index < -0.39 is 24.7 Å². The Morgan fingerprint density at radius 3 is 2.59 bits per heavy atom. The van der Waals surface area contributed by atoms with E-state index in [0.717, 1.165) is 6.92 Å². The van der Waals surface area contributed by atoms with Crippen LogP contribution in [0, 0.1) is 5.92 Å². The zero-order valence-electron chi connectivity index (χ0n) is 15.0. The number of hydrogen-bond donors (Lipinski definition) is 1. The monoisotopic (exact) mass is 405 g/mol. The van der Waals surface area contributed by atoms with Crippen molar-refractivity contribution in [2.75, 3.05) is 6.61 Å². The third kappa shape index (κ3) is 4.52. The molecular weight excluding hydrogens is 387 g/mol. The number of ether oxygens (including phenoxy) is 1. The Labute approximate surface area is 158 Å². The molecule has 2 aromatic heterocycles. The Morgan fingerprint density at radius 1 is 1.41 bits per heavy atom. The highest BCUT2D eigenvalue weighted by atomic mass is 35.5. The number of pyridine rings is 1. The van der Waals surface area contributed by atoms with Crippen LogP contribution in [0.2, 0.25) is 5.02 Å². The lowest BCUT2D eigenvalue weighted by molar-refractivity contribution is -0.176. The Balaban J connectivity index is 2.39. The van der Waals surface area contributed by atoms with Crippen molar-refractivity contribution < 1.29 is 27.8 Å². The third-order valence-electron chi connectivity index (χ3n) is 4.04. The molecule has 0 aliphatic rings. The van der Waals surface area contributed by atoms with E-state index in [-0.39, 0.29) is 16.6 Å². The van der Waals surface area contributed by atoms with Crippen molar-refractivity contribution >= 4 is 17.6 Å². The van der Waals surface area contributed by atoms with E-state index in [1.807, 2.05) is 6.92 Å². The second-order valence-electron chi connectivity index (χ2n) is 5.92. The summed E-state index contributed by atoms with van der Waals surface area (Å²) < 4.78 is 44.4. The van der Waals surface area contributed by atoms with Crippen molar-refractivity contribution in [2.24, 2.45) is 5.92 Å². The summed E-state index contributed by atoms with van der Waals surface area (Å²) in [5.41, 5.74) is 1.39. The Bertz CT molecular complexity index is 837. The Kier molecular flexibility index (Phi) is 6.35. The van der Waals surface area contributed by atoms with Crippen molar-refractivity contribution in [3.63, 3.8) is 0 Å². The summed E-state index contributed by atoms with van der Waals surface area (Å²) >= 11 is 6.21. The number of hydrogen-bond acceptors (Lipinski definition) is 4. The number of aryl methyl sites for hydroxylation is 2. The van der Waals surface area contributed by atoms with Crippen molar-refractivity contribution in [3.05, 3.63) is 28.5 Å². The molecule has 0 aliphatic heterocycles. The lowest BCUT2D eigenvalue weighted by Gasteiger charge is -2.17. The van der Waals surface area contributed by atoms with Gasteiger partial charge in [-0.2, -0.15) is 18.3 Å². The molecule has 2 heterocycles. The lowest BCUT2D eigenvalue weighted by atomic mass is 10.0. The Hall–Kier alpha value is -2.29. The molecule has 6 nitrogen and oxygen atoms in total. The van der Waals surface area contributed by atoms with Crippen molar-refractivity contribution in [1.82, 2.24) is 14.8 Å². The molecule has 2 aromatic rings. The van der Waals surface area contributed by atoms with Gasteiger partial charge in [0.25, 0.3) is 0 Å². The first-order valence-corrected chi connectivity index (χ1v) is 8.66. The minimum atomic E-state index is -4.35. The zero-order valence-corrected chi connectivity index (χ0v) is 15.7. The molecule has 2 rings (SSSR count). The fraction of sp³-hybridized carbons (Fsp3) is 0.471. The van der Waals surface area contributed by atoms with E-state index in [4.69, 9.17) is 16.3 Å². The molecule has 1 unspecified atom stereocenters. The molecule has 10 heteroatoms. The molecule has 0 spiro atoms. The quantitative estimate of drug-likeness (QED) is 0.736. The van der Waals surface area contributed by atoms with Crippen LogP contribution in [0.4, 0.5) is 13.2 Å². The van der Waals surface area contributed by atoms with Crippen LogP contribution in [-0.2, 0) is 13.0 Å². The van der Waals surface area contributed by atoms with Gasteiger partial charge in [0, 0.05) is 24.4 Å². The van der Waals surface area contributed by atoms with E-state index in [2.05, 4.69) is 10.1 Å². The average molecular weight is 406 g/mol. The van der Waals surface area contributed by atoms with Gasteiger partial charge in [0.2, 0.25) is 5.88 Å². The molecule has 0 aliphatic carbocycles. The average Bonchev–Trinajstić information content (AvgIpc) is 2.95. The second-order valence-corrected chi connectivity index (χ2v) is 6.30. The number of nitrogens with zero attached hydrogens (tertiary/aromatic N) is 3. The summed E-state index contributed by atoms with van der Waals surface area (Å²) in [5, 5.41) is 13.2. The maximum absolute atomic E-state index is 12.6. The number of alkyl halides is 3. The smallest absolute Gasteiger partial charge is 0.394 e. The van der Waals surface area contributed by atoms with Gasteiger partial charge in [-0.25, -0.2) is 9.78 Å². The van der Waals surface area contributed by atoms with Crippen LogP contribution in [0.15, 0.2) is 12.3 Å². The molecule has 27 heavy (non-hydrogen) atoms. The highest BCUT2D eigenvalue weighted by Crippen LogP contribution is 2.34. The molecule has 0 saturated carbocycles. The normalized spacial score (nSPS) is 12.9. The van der Waals surface area contributed by atoms with Crippen LogP contribution in [0.1, 0.15) is 36.8 Å². The van der Waals surface area contributed by atoms with Gasteiger partial charge in [0.15, 0.2) is 5.69 Å². The van der Waals surface area contributed by atoms with Gasteiger partial charge in [0.05, 0.1) is 11.6 Å². The van der Waals surface area contributed by atoms with Crippen molar-refractivity contribution in [2.45, 2.75) is 39.9 Å². The largest absolute Gasteiger partial charge is 0.477 e. The van der Waals surface area contributed by atoms with E-state index >= 15 is 0 Å². The van der Waals surface area contributed by atoms with Gasteiger partial charge in [-0.05, 0) is 18.9 Å². The van der Waals surface area contributed by atoms with Crippen LogP contribution in [-0.4, -0.2) is 38.6 Å². The zero-order chi connectivity index (χ0) is 20.4. The topological polar surface area (TPSA) is 77.2 Å². The molecule has 1 atom stereocenters. The van der Waals surface area contributed by atoms with Gasteiger partial charge >= 0.3 is 12.1 Å². The fourth-order valence-electron chi connectivity index (χ4n) is 2.43. The predicted octanol–water partition coefficient (Wildman–Crippen LogP) is 4.46. The number of aromatic carboxylic acids is 1. The summed E-state index contributed by atoms with van der Waals surface area (Å²) in [6.45, 7) is 4.50. The number of carboxylic acid groups (broad SMARTS) is 1. The van der Waals surface area contributed by atoms with Gasteiger partial charge in [-0.15, -0.1) is 0 Å². The van der Waals surface area contributed by atoms with Gasteiger partial charge < -0.3 is 9.84 Å². The summed E-state index contributed by atoms with van der Waals surface area (Å²) in [6, 6.07) is 1.53. The summed E-state index contributed by atoms with van der Waals surface area (Å²) in [7, 11) is 0. The summed E-state index contributed by atoms with van der Waals surface area (Å²) in [5.74, 6) is -2.82. The van der Waals surface area contributed by atoms with Crippen molar-refractivity contribution in [1.29, 1.82) is 0 Å². The highest BCUT2D eigenvalue weighted by molar-refractivity contribution is 6.35. The molecule has 148 valence electrons. The van der Waals surface area contributed by atoms with Crippen LogP contribution in [0.5, 0.6) is 5.88 Å². The molecule has 0 radical (unpaired) electrons. The molecule has 0 saturated heterocycles. The second kappa shape index (κ2) is 8.16. The minimum Gasteiger partial charge on any atom is -0.477 e. The van der Waals surface area contributed by atoms with E-state index in [1.54, 1.807) is 6.92 Å². The van der Waals surface area contributed by atoms with Crippen LogP contribution < -0.4 is 4.74 Å². The number of carboxylic acids is 1. The molecule has 0 amide bonds. The standard InChI is InChI=1S/C17H19ClF3N3O3/c1-4-10-6-12(27-8-9(3)17(19,20)21)22-7-11(10)15-13(18)14(16(25)26)23-24(15)5-2/h6-7,9H,4-5,8H2,1-3H3,(H,25,26). The number of carbonyl (C=O) groups is 1. The van der Waals surface area contributed by atoms with Gasteiger partial charge in [0.1, 0.15) is 11.6 Å². The molecule has 0 bridgehead atoms. The highest BCUT2D eigenvalue weighted by Gasteiger charge is 2.36. The maximum Gasteiger partial charge on any atom is 0.394 e. The molecule has 0 fully saturated rings. The van der Waals surface area contributed by atoms with Crippen LogP contribution in [0.25, 0.3) is 11.3 Å². The molecule has 0 aromatic carbocycles. The Morgan fingerprint density at radius 2 is 2.07 bits per heavy atom. The lowest BCUT2D eigenvalue weighted by Crippen LogP contribution is -2.26. The molecular formula is C17H19ClF3N3O3. The molecule has 1 N–H and O–H groups in total. The van der Waals surface area contributed by atoms with Crippen LogP contribution >= 0.6 is 11.6 Å². The summed E-state index contributed by atoms with van der Waals surface area (Å²) in [4.78, 5) is 15.3. The minimum absolute atomic E-state index is 0.0137. The van der Waals surface area contributed by atoms with Crippen LogP contribution in [0.3, 0.4) is 0 Å². The number of rotatable bonds is 7. The third-order valence-corrected chi connectivity index (χ3v) is 4.40. The van der Waals surface area contributed by atoms with Gasteiger partial charge in [-0.3, -0.25) is 4.68 Å². The number of aromatic nitrogens is 3.